The van der Waals surface area contributed by atoms with E-state index in [-0.39, 0.29) is 11.1 Å². The van der Waals surface area contributed by atoms with Gasteiger partial charge in [-0.3, -0.25) is 23.1 Å². The van der Waals surface area contributed by atoms with Gasteiger partial charge in [-0.1, -0.05) is 65.9 Å². The van der Waals surface area contributed by atoms with Crippen LogP contribution in [-0.4, -0.2) is 28.7 Å². The van der Waals surface area contributed by atoms with E-state index in [4.69, 9.17) is 4.98 Å². The molecule has 36 heavy (non-hydrogen) atoms. The van der Waals surface area contributed by atoms with E-state index in [1.165, 1.54) is 16.3 Å². The van der Waals surface area contributed by atoms with Crippen molar-refractivity contribution in [3.8, 4) is 0 Å². The van der Waals surface area contributed by atoms with Crippen molar-refractivity contribution in [2.75, 3.05) is 0 Å². The molecule has 6 rings (SSSR count). The maximum Gasteiger partial charge on any atom is 0.262 e. The lowest BCUT2D eigenvalue weighted by Gasteiger charge is -2.13. The number of para-hydroxylation sites is 1. The number of hydrogen-bond acceptors (Lipinski definition) is 6. The summed E-state index contributed by atoms with van der Waals surface area (Å²) in [4.78, 5) is 31.2. The first-order chi connectivity index (χ1) is 17.5. The first-order valence-electron chi connectivity index (χ1n) is 11.5. The van der Waals surface area contributed by atoms with Gasteiger partial charge in [0, 0.05) is 7.05 Å². The fourth-order valence-corrected chi connectivity index (χ4v) is 5.36. The number of benzene rings is 3. The SMILES string of the molecule is Cc1ccc2c(c1)c(=O)n(C)c1nnc(CSc3nc4ccccc4c(=O)n3Cc3ccccc3)n21. The third-order valence-electron chi connectivity index (χ3n) is 6.28. The molecular formula is C27H22N6O2S. The first-order valence-corrected chi connectivity index (χ1v) is 12.5. The van der Waals surface area contributed by atoms with Crippen molar-refractivity contribution < 1.29 is 0 Å². The molecule has 0 aliphatic heterocycles. The third-order valence-corrected chi connectivity index (χ3v) is 7.25. The lowest BCUT2D eigenvalue weighted by molar-refractivity contribution is 0.658. The van der Waals surface area contributed by atoms with Crippen LogP contribution in [0.2, 0.25) is 0 Å². The first kappa shape index (κ1) is 22.2. The molecule has 0 aliphatic carbocycles. The molecule has 0 amide bonds. The Kier molecular flexibility index (Phi) is 5.41. The van der Waals surface area contributed by atoms with E-state index in [1.54, 1.807) is 17.7 Å². The molecule has 0 saturated heterocycles. The molecule has 0 N–H and O–H groups in total. The van der Waals surface area contributed by atoms with E-state index in [2.05, 4.69) is 10.2 Å². The summed E-state index contributed by atoms with van der Waals surface area (Å²) in [5.41, 5.74) is 3.24. The summed E-state index contributed by atoms with van der Waals surface area (Å²) in [7, 11) is 1.70. The number of thioether (sulfide) groups is 1. The van der Waals surface area contributed by atoms with E-state index in [9.17, 15) is 9.59 Å². The van der Waals surface area contributed by atoms with Crippen molar-refractivity contribution in [2.45, 2.75) is 24.4 Å². The molecule has 3 aromatic heterocycles. The second kappa shape index (κ2) is 8.76. The summed E-state index contributed by atoms with van der Waals surface area (Å²) in [6, 6.07) is 23.0. The van der Waals surface area contributed by atoms with Gasteiger partial charge in [0.2, 0.25) is 5.78 Å². The number of hydrogen-bond donors (Lipinski definition) is 0. The molecule has 9 heteroatoms. The van der Waals surface area contributed by atoms with Crippen LogP contribution in [0.4, 0.5) is 0 Å². The second-order valence-electron chi connectivity index (χ2n) is 8.71. The number of rotatable bonds is 5. The number of nitrogens with zero attached hydrogens (tertiary/aromatic N) is 6. The zero-order valence-electron chi connectivity index (χ0n) is 19.8. The summed E-state index contributed by atoms with van der Waals surface area (Å²) >= 11 is 1.43. The Morgan fingerprint density at radius 3 is 2.47 bits per heavy atom. The van der Waals surface area contributed by atoms with Gasteiger partial charge in [0.15, 0.2) is 5.16 Å². The molecule has 0 atom stereocenters. The highest BCUT2D eigenvalue weighted by atomic mass is 32.2. The molecule has 0 unspecified atom stereocenters. The Morgan fingerprint density at radius 2 is 1.64 bits per heavy atom. The molecule has 0 spiro atoms. The van der Waals surface area contributed by atoms with Crippen LogP contribution in [0.3, 0.4) is 0 Å². The van der Waals surface area contributed by atoms with Crippen molar-refractivity contribution in [2.24, 2.45) is 7.05 Å². The van der Waals surface area contributed by atoms with Crippen LogP contribution in [-0.2, 0) is 19.3 Å². The molecule has 0 aliphatic rings. The van der Waals surface area contributed by atoms with Crippen LogP contribution in [0, 0.1) is 6.92 Å². The summed E-state index contributed by atoms with van der Waals surface area (Å²) in [5.74, 6) is 1.57. The van der Waals surface area contributed by atoms with Crippen LogP contribution in [0.1, 0.15) is 17.0 Å². The Balaban J connectivity index is 1.47. The highest BCUT2D eigenvalue weighted by molar-refractivity contribution is 7.98. The number of fused-ring (bicyclic) bond motifs is 4. The largest absolute Gasteiger partial charge is 0.283 e. The van der Waals surface area contributed by atoms with Crippen molar-refractivity contribution in [1.29, 1.82) is 0 Å². The summed E-state index contributed by atoms with van der Waals surface area (Å²) in [5, 5.41) is 10.5. The summed E-state index contributed by atoms with van der Waals surface area (Å²) in [6.45, 7) is 2.38. The van der Waals surface area contributed by atoms with Crippen LogP contribution >= 0.6 is 11.8 Å². The van der Waals surface area contributed by atoms with E-state index in [0.29, 0.717) is 45.3 Å². The van der Waals surface area contributed by atoms with E-state index in [1.807, 2.05) is 78.1 Å². The Bertz CT molecular complexity index is 1890. The van der Waals surface area contributed by atoms with Crippen molar-refractivity contribution >= 4 is 39.3 Å². The van der Waals surface area contributed by atoms with Crippen molar-refractivity contribution in [1.82, 2.24) is 28.7 Å². The zero-order chi connectivity index (χ0) is 24.8. The minimum absolute atomic E-state index is 0.0821. The normalized spacial score (nSPS) is 11.6. The average Bonchev–Trinajstić information content (AvgIpc) is 3.33. The second-order valence-corrected chi connectivity index (χ2v) is 9.66. The van der Waals surface area contributed by atoms with Crippen LogP contribution in [0.25, 0.3) is 27.6 Å². The standard InChI is InChI=1S/C27H22N6O2S/c1-17-12-13-22-20(14-17)24(34)31(2)26-30-29-23(33(22)26)16-36-27-28-21-11-7-6-10-19(21)25(35)32(27)15-18-8-4-3-5-9-18/h3-14H,15-16H2,1-2H3. The van der Waals surface area contributed by atoms with Gasteiger partial charge >= 0.3 is 0 Å². The fraction of sp³-hybridized carbons (Fsp3) is 0.148. The predicted molar refractivity (Wildman–Crippen MR) is 142 cm³/mol. The Labute approximate surface area is 209 Å². The molecule has 0 bridgehead atoms. The van der Waals surface area contributed by atoms with Crippen molar-refractivity contribution in [3.63, 3.8) is 0 Å². The molecule has 6 aromatic rings. The lowest BCUT2D eigenvalue weighted by Crippen LogP contribution is -2.24. The van der Waals surface area contributed by atoms with Crippen LogP contribution in [0.15, 0.2) is 87.5 Å². The number of aryl methyl sites for hydroxylation is 2. The smallest absolute Gasteiger partial charge is 0.262 e. The van der Waals surface area contributed by atoms with Crippen LogP contribution < -0.4 is 11.1 Å². The monoisotopic (exact) mass is 494 g/mol. The van der Waals surface area contributed by atoms with Gasteiger partial charge in [0.25, 0.3) is 11.1 Å². The maximum atomic E-state index is 13.5. The highest BCUT2D eigenvalue weighted by Gasteiger charge is 2.17. The molecule has 0 saturated carbocycles. The molecule has 178 valence electrons. The van der Waals surface area contributed by atoms with Gasteiger partial charge in [0.1, 0.15) is 5.82 Å². The van der Waals surface area contributed by atoms with Gasteiger partial charge in [-0.25, -0.2) is 4.98 Å². The van der Waals surface area contributed by atoms with E-state index in [0.717, 1.165) is 16.6 Å². The Hall–Kier alpha value is -4.24. The molecule has 3 aromatic carbocycles. The van der Waals surface area contributed by atoms with Gasteiger partial charge < -0.3 is 0 Å². The molecule has 3 heterocycles. The molecular weight excluding hydrogens is 472 g/mol. The van der Waals surface area contributed by atoms with Gasteiger partial charge in [-0.05, 0) is 36.8 Å². The van der Waals surface area contributed by atoms with Crippen molar-refractivity contribution in [3.05, 3.63) is 110 Å². The summed E-state index contributed by atoms with van der Waals surface area (Å²) < 4.78 is 5.13. The fourth-order valence-electron chi connectivity index (χ4n) is 4.44. The molecule has 0 radical (unpaired) electrons. The lowest BCUT2D eigenvalue weighted by atomic mass is 10.1. The molecule has 8 nitrogen and oxygen atoms in total. The minimum atomic E-state index is -0.110. The summed E-state index contributed by atoms with van der Waals surface area (Å²) in [6.07, 6.45) is 0. The maximum absolute atomic E-state index is 13.5. The zero-order valence-corrected chi connectivity index (χ0v) is 20.6. The molecule has 0 fully saturated rings. The van der Waals surface area contributed by atoms with Gasteiger partial charge in [0.05, 0.1) is 34.1 Å². The predicted octanol–water partition coefficient (Wildman–Crippen LogP) is 3.94. The van der Waals surface area contributed by atoms with E-state index < -0.39 is 0 Å². The third kappa shape index (κ3) is 3.68. The number of aromatic nitrogens is 6. The topological polar surface area (TPSA) is 87.1 Å². The van der Waals surface area contributed by atoms with Crippen LogP contribution in [0.5, 0.6) is 0 Å². The minimum Gasteiger partial charge on any atom is -0.283 e. The Morgan fingerprint density at radius 1 is 0.861 bits per heavy atom. The van der Waals surface area contributed by atoms with Gasteiger partial charge in [-0.15, -0.1) is 10.2 Å². The van der Waals surface area contributed by atoms with E-state index >= 15 is 0 Å². The highest BCUT2D eigenvalue weighted by Crippen LogP contribution is 2.24. The average molecular weight is 495 g/mol. The van der Waals surface area contributed by atoms with Gasteiger partial charge in [-0.2, -0.15) is 0 Å². The quantitative estimate of drug-likeness (QED) is 0.267.